The van der Waals surface area contributed by atoms with Gasteiger partial charge in [-0.15, -0.1) is 0 Å². The Balaban J connectivity index is 3.27. The summed E-state index contributed by atoms with van der Waals surface area (Å²) >= 11 is 0. The first kappa shape index (κ1) is 14.9. The quantitative estimate of drug-likeness (QED) is 0.914. The molecular weight excluding hydrogens is 271 g/mol. The highest BCUT2D eigenvalue weighted by molar-refractivity contribution is 7.91. The van der Waals surface area contributed by atoms with E-state index in [4.69, 9.17) is 0 Å². The van der Waals surface area contributed by atoms with E-state index in [0.717, 1.165) is 25.6 Å². The molecule has 1 rings (SSSR count). The van der Waals surface area contributed by atoms with Gasteiger partial charge < -0.3 is 5.11 Å². The Morgan fingerprint density at radius 3 is 2.39 bits per heavy atom. The molecule has 0 saturated carbocycles. The molecule has 0 aliphatic rings. The van der Waals surface area contributed by atoms with Crippen molar-refractivity contribution < 1.29 is 26.7 Å². The second kappa shape index (κ2) is 4.85. The fourth-order valence-corrected chi connectivity index (χ4v) is 2.00. The Morgan fingerprint density at radius 1 is 1.39 bits per heavy atom. The third kappa shape index (κ3) is 3.20. The van der Waals surface area contributed by atoms with Gasteiger partial charge in [0, 0.05) is 24.2 Å². The number of hydrogen-bond donors (Lipinski definition) is 1. The highest BCUT2D eigenvalue weighted by atomic mass is 32.2. The lowest BCUT2D eigenvalue weighted by Crippen LogP contribution is -2.26. The van der Waals surface area contributed by atoms with Gasteiger partial charge in [0.1, 0.15) is 0 Å². The molecule has 0 radical (unpaired) electrons. The number of sulfone groups is 1. The van der Waals surface area contributed by atoms with Gasteiger partial charge in [0.15, 0.2) is 9.84 Å². The minimum Gasteiger partial charge on any atom is -0.387 e. The normalized spacial score (nSPS) is 16.3. The molecule has 102 valence electrons. The van der Waals surface area contributed by atoms with Gasteiger partial charge in [0.2, 0.25) is 0 Å². The fraction of sp³-hybridized carbons (Fsp3) is 0.500. The average molecular weight is 283 g/mol. The highest BCUT2D eigenvalue weighted by Crippen LogP contribution is 2.35. The van der Waals surface area contributed by atoms with Gasteiger partial charge in [-0.1, -0.05) is 0 Å². The first-order chi connectivity index (χ1) is 8.05. The van der Waals surface area contributed by atoms with E-state index in [1.807, 2.05) is 0 Å². The molecule has 0 amide bonds. The molecule has 0 fully saturated rings. The standard InChI is InChI=1S/C10H12F3NO3S/c1-6(18(2,16)17)9(15)7-5-14-4-3-8(7)10(11,12)13/h3-6,9,15H,1-2H3. The topological polar surface area (TPSA) is 67.3 Å². The minimum atomic E-state index is -4.67. The van der Waals surface area contributed by atoms with Crippen molar-refractivity contribution in [2.75, 3.05) is 6.26 Å². The number of aromatic nitrogens is 1. The summed E-state index contributed by atoms with van der Waals surface area (Å²) in [4.78, 5) is 3.49. The molecule has 1 N–H and O–H groups in total. The van der Waals surface area contributed by atoms with Gasteiger partial charge in [0.25, 0.3) is 0 Å². The van der Waals surface area contributed by atoms with Gasteiger partial charge in [-0.05, 0) is 13.0 Å². The summed E-state index contributed by atoms with van der Waals surface area (Å²) in [7, 11) is -3.66. The van der Waals surface area contributed by atoms with Gasteiger partial charge in [-0.2, -0.15) is 13.2 Å². The Labute approximate surface area is 102 Å². The van der Waals surface area contributed by atoms with E-state index < -0.39 is 38.5 Å². The maximum Gasteiger partial charge on any atom is 0.416 e. The van der Waals surface area contributed by atoms with Crippen LogP contribution < -0.4 is 0 Å². The number of aliphatic hydroxyl groups is 1. The third-order valence-electron chi connectivity index (χ3n) is 2.60. The Kier molecular flexibility index (Phi) is 4.02. The van der Waals surface area contributed by atoms with Crippen LogP contribution in [0.25, 0.3) is 0 Å². The summed E-state index contributed by atoms with van der Waals surface area (Å²) < 4.78 is 60.5. The van der Waals surface area contributed by atoms with Crippen LogP contribution in [0.3, 0.4) is 0 Å². The zero-order chi connectivity index (χ0) is 14.1. The molecule has 0 aliphatic carbocycles. The summed E-state index contributed by atoms with van der Waals surface area (Å²) in [6.07, 6.45) is -3.83. The van der Waals surface area contributed by atoms with Crippen molar-refractivity contribution in [3.8, 4) is 0 Å². The van der Waals surface area contributed by atoms with Crippen LogP contribution in [0, 0.1) is 0 Å². The van der Waals surface area contributed by atoms with Crippen LogP contribution in [-0.2, 0) is 16.0 Å². The lowest BCUT2D eigenvalue weighted by atomic mass is 10.0. The largest absolute Gasteiger partial charge is 0.416 e. The van der Waals surface area contributed by atoms with Crippen molar-refractivity contribution in [1.82, 2.24) is 4.98 Å². The molecule has 1 aromatic rings. The molecule has 2 atom stereocenters. The number of pyridine rings is 1. The van der Waals surface area contributed by atoms with E-state index in [1.165, 1.54) is 0 Å². The predicted molar refractivity (Wildman–Crippen MR) is 58.5 cm³/mol. The maximum absolute atomic E-state index is 12.7. The van der Waals surface area contributed by atoms with Crippen molar-refractivity contribution in [1.29, 1.82) is 0 Å². The number of hydrogen-bond acceptors (Lipinski definition) is 4. The van der Waals surface area contributed by atoms with E-state index in [0.29, 0.717) is 6.07 Å². The lowest BCUT2D eigenvalue weighted by molar-refractivity contribution is -0.139. The number of aliphatic hydroxyl groups excluding tert-OH is 1. The molecular formula is C10H12F3NO3S. The van der Waals surface area contributed by atoms with E-state index in [1.54, 1.807) is 0 Å². The number of alkyl halides is 3. The number of rotatable bonds is 3. The number of nitrogens with zero attached hydrogens (tertiary/aromatic N) is 1. The fourth-order valence-electron chi connectivity index (χ4n) is 1.39. The first-order valence-electron chi connectivity index (χ1n) is 4.93. The summed E-state index contributed by atoms with van der Waals surface area (Å²) in [5, 5.41) is 8.41. The SMILES string of the molecule is CC(C(O)c1cnccc1C(F)(F)F)S(C)(=O)=O. The van der Waals surface area contributed by atoms with Crippen molar-refractivity contribution in [2.24, 2.45) is 0 Å². The average Bonchev–Trinajstić information content (AvgIpc) is 2.24. The summed E-state index contributed by atoms with van der Waals surface area (Å²) in [5.41, 5.74) is -1.62. The summed E-state index contributed by atoms with van der Waals surface area (Å²) in [5.74, 6) is 0. The Bertz CT molecular complexity index is 527. The molecule has 0 aliphatic heterocycles. The monoisotopic (exact) mass is 283 g/mol. The van der Waals surface area contributed by atoms with Crippen LogP contribution in [0.2, 0.25) is 0 Å². The van der Waals surface area contributed by atoms with E-state index in [-0.39, 0.29) is 0 Å². The molecule has 1 heterocycles. The smallest absolute Gasteiger partial charge is 0.387 e. The van der Waals surface area contributed by atoms with E-state index in [9.17, 15) is 26.7 Å². The van der Waals surface area contributed by atoms with Gasteiger partial charge in [-0.25, -0.2) is 8.42 Å². The van der Waals surface area contributed by atoms with Gasteiger partial charge in [-0.3, -0.25) is 4.98 Å². The molecule has 1 aromatic heterocycles. The molecule has 0 saturated heterocycles. The second-order valence-electron chi connectivity index (χ2n) is 3.94. The van der Waals surface area contributed by atoms with Crippen molar-refractivity contribution in [3.63, 3.8) is 0 Å². The Hall–Kier alpha value is -1.15. The summed E-state index contributed by atoms with van der Waals surface area (Å²) in [6.45, 7) is 1.15. The first-order valence-corrected chi connectivity index (χ1v) is 6.88. The van der Waals surface area contributed by atoms with Gasteiger partial charge >= 0.3 is 6.18 Å². The number of halogens is 3. The molecule has 0 spiro atoms. The van der Waals surface area contributed by atoms with Crippen LogP contribution in [0.15, 0.2) is 18.5 Å². The second-order valence-corrected chi connectivity index (χ2v) is 6.34. The van der Waals surface area contributed by atoms with Crippen molar-refractivity contribution in [3.05, 3.63) is 29.6 Å². The summed E-state index contributed by atoms with van der Waals surface area (Å²) in [6, 6.07) is 0.702. The zero-order valence-electron chi connectivity index (χ0n) is 9.64. The molecule has 18 heavy (non-hydrogen) atoms. The highest BCUT2D eigenvalue weighted by Gasteiger charge is 2.37. The molecule has 2 unspecified atom stereocenters. The maximum atomic E-state index is 12.7. The van der Waals surface area contributed by atoms with E-state index >= 15 is 0 Å². The third-order valence-corrected chi connectivity index (χ3v) is 4.20. The van der Waals surface area contributed by atoms with Crippen LogP contribution >= 0.6 is 0 Å². The van der Waals surface area contributed by atoms with Crippen LogP contribution in [0.1, 0.15) is 24.2 Å². The minimum absolute atomic E-state index is 0.539. The van der Waals surface area contributed by atoms with Crippen LogP contribution in [0.4, 0.5) is 13.2 Å². The molecule has 0 aromatic carbocycles. The lowest BCUT2D eigenvalue weighted by Gasteiger charge is -2.20. The predicted octanol–water partition coefficient (Wildman–Crippen LogP) is 1.57. The molecule has 8 heteroatoms. The van der Waals surface area contributed by atoms with Crippen molar-refractivity contribution >= 4 is 9.84 Å². The molecule has 4 nitrogen and oxygen atoms in total. The Morgan fingerprint density at radius 2 is 1.94 bits per heavy atom. The molecule has 0 bridgehead atoms. The van der Waals surface area contributed by atoms with E-state index in [2.05, 4.69) is 4.98 Å². The zero-order valence-corrected chi connectivity index (χ0v) is 10.5. The van der Waals surface area contributed by atoms with Crippen molar-refractivity contribution in [2.45, 2.75) is 24.5 Å². The van der Waals surface area contributed by atoms with Crippen LogP contribution in [-0.4, -0.2) is 30.0 Å². The van der Waals surface area contributed by atoms with Gasteiger partial charge in [0.05, 0.1) is 16.9 Å². The van der Waals surface area contributed by atoms with Crippen LogP contribution in [0.5, 0.6) is 0 Å².